The number of hydrogen-bond donors (Lipinski definition) is 1. The predicted molar refractivity (Wildman–Crippen MR) is 113 cm³/mol. The summed E-state index contributed by atoms with van der Waals surface area (Å²) in [4.78, 5) is 4.49. The van der Waals surface area contributed by atoms with Crippen LogP contribution in [-0.2, 0) is 19.1 Å². The molecule has 0 spiro atoms. The van der Waals surface area contributed by atoms with Crippen molar-refractivity contribution in [3.05, 3.63) is 42.1 Å². The molecule has 7 nitrogen and oxygen atoms in total. The van der Waals surface area contributed by atoms with Gasteiger partial charge in [0.25, 0.3) is 0 Å². The molecular formula is C20H27BN2O5S. The summed E-state index contributed by atoms with van der Waals surface area (Å²) in [5, 5.41) is 0. The van der Waals surface area contributed by atoms with E-state index in [0.29, 0.717) is 11.2 Å². The van der Waals surface area contributed by atoms with Crippen LogP contribution in [0.1, 0.15) is 46.3 Å². The summed E-state index contributed by atoms with van der Waals surface area (Å²) >= 11 is 0. The average Bonchev–Trinajstić information content (AvgIpc) is 2.83. The summed E-state index contributed by atoms with van der Waals surface area (Å²) < 4.78 is 41.4. The highest BCUT2D eigenvalue weighted by atomic mass is 32.2. The lowest BCUT2D eigenvalue weighted by atomic mass is 9.80. The van der Waals surface area contributed by atoms with Crippen molar-refractivity contribution in [2.45, 2.75) is 56.8 Å². The number of ether oxygens (including phenoxy) is 1. The first kappa shape index (κ1) is 21.6. The summed E-state index contributed by atoms with van der Waals surface area (Å²) in [6, 6.07) is 8.34. The van der Waals surface area contributed by atoms with Gasteiger partial charge in [-0.2, -0.15) is 0 Å². The molecule has 1 aliphatic heterocycles. The maximum absolute atomic E-state index is 11.6. The zero-order chi connectivity index (χ0) is 21.6. The Kier molecular flexibility index (Phi) is 5.44. The monoisotopic (exact) mass is 418 g/mol. The van der Waals surface area contributed by atoms with Crippen molar-refractivity contribution in [3.8, 4) is 5.75 Å². The summed E-state index contributed by atoms with van der Waals surface area (Å²) in [7, 11) is -3.81. The van der Waals surface area contributed by atoms with Gasteiger partial charge in [-0.3, -0.25) is 0 Å². The fraction of sp³-hybridized carbons (Fsp3) is 0.450. The van der Waals surface area contributed by atoms with E-state index in [1.54, 1.807) is 36.5 Å². The standard InChI is InChI=1S/C20H27BN2O5S/c1-13(14-7-9-16(10-8-14)29(6,24)25)26-17-11-15(12-23-18(17)22)21-27-19(2,3)20(4,5)28-21/h7-13H,1-6H3,(H2,22,23). The molecule has 0 amide bonds. The van der Waals surface area contributed by atoms with Gasteiger partial charge in [-0.25, -0.2) is 13.4 Å². The van der Waals surface area contributed by atoms with Gasteiger partial charge < -0.3 is 19.8 Å². The molecule has 2 N–H and O–H groups in total. The topological polar surface area (TPSA) is 101 Å². The maximum atomic E-state index is 11.6. The molecule has 0 radical (unpaired) electrons. The van der Waals surface area contributed by atoms with Crippen LogP contribution < -0.4 is 15.9 Å². The van der Waals surface area contributed by atoms with Crippen molar-refractivity contribution >= 4 is 28.2 Å². The van der Waals surface area contributed by atoms with Crippen LogP contribution in [0.25, 0.3) is 0 Å². The van der Waals surface area contributed by atoms with Crippen LogP contribution in [0.2, 0.25) is 0 Å². The predicted octanol–water partition coefficient (Wildman–Crippen LogP) is 2.51. The number of pyridine rings is 1. The van der Waals surface area contributed by atoms with Crippen molar-refractivity contribution < 1.29 is 22.5 Å². The Labute approximate surface area is 172 Å². The zero-order valence-corrected chi connectivity index (χ0v) is 18.4. The van der Waals surface area contributed by atoms with Gasteiger partial charge in [-0.15, -0.1) is 0 Å². The van der Waals surface area contributed by atoms with Crippen LogP contribution >= 0.6 is 0 Å². The number of aromatic nitrogens is 1. The summed E-state index contributed by atoms with van der Waals surface area (Å²) in [6.45, 7) is 9.79. The number of hydrogen-bond acceptors (Lipinski definition) is 7. The molecule has 156 valence electrons. The number of rotatable bonds is 5. The fourth-order valence-corrected chi connectivity index (χ4v) is 3.55. The normalized spacial score (nSPS) is 19.2. The molecule has 1 aromatic heterocycles. The molecule has 2 heterocycles. The van der Waals surface area contributed by atoms with Gasteiger partial charge in [0.15, 0.2) is 21.4 Å². The van der Waals surface area contributed by atoms with E-state index in [2.05, 4.69) is 4.98 Å². The molecule has 1 saturated heterocycles. The van der Waals surface area contributed by atoms with E-state index in [1.807, 2.05) is 34.6 Å². The number of nitrogen functional groups attached to an aromatic ring is 1. The highest BCUT2D eigenvalue weighted by Gasteiger charge is 2.52. The first-order valence-corrected chi connectivity index (χ1v) is 11.3. The summed E-state index contributed by atoms with van der Waals surface area (Å²) in [5.41, 5.74) is 6.61. The molecule has 1 fully saturated rings. The molecule has 0 aliphatic carbocycles. The SMILES string of the molecule is CC(Oc1cc(B2OC(C)(C)C(C)(C)O2)cnc1N)c1ccc(S(C)(=O)=O)cc1. The van der Waals surface area contributed by atoms with Crippen molar-refractivity contribution in [1.29, 1.82) is 0 Å². The summed E-state index contributed by atoms with van der Waals surface area (Å²) in [6.07, 6.45) is 2.44. The first-order chi connectivity index (χ1) is 13.3. The Hall–Kier alpha value is -2.10. The van der Waals surface area contributed by atoms with Gasteiger partial charge in [0.2, 0.25) is 0 Å². The van der Waals surface area contributed by atoms with E-state index in [4.69, 9.17) is 19.8 Å². The first-order valence-electron chi connectivity index (χ1n) is 9.38. The number of sulfone groups is 1. The zero-order valence-electron chi connectivity index (χ0n) is 17.6. The molecule has 9 heteroatoms. The Bertz CT molecular complexity index is 990. The van der Waals surface area contributed by atoms with Gasteiger partial charge in [-0.1, -0.05) is 12.1 Å². The van der Waals surface area contributed by atoms with E-state index in [-0.39, 0.29) is 16.8 Å². The quantitative estimate of drug-likeness (QED) is 0.745. The molecular weight excluding hydrogens is 391 g/mol. The Morgan fingerprint density at radius 1 is 1.10 bits per heavy atom. The van der Waals surface area contributed by atoms with Gasteiger partial charge >= 0.3 is 7.12 Å². The van der Waals surface area contributed by atoms with Crippen LogP contribution in [0.15, 0.2) is 41.4 Å². The number of benzene rings is 1. The van der Waals surface area contributed by atoms with Gasteiger partial charge in [0.05, 0.1) is 16.1 Å². The molecule has 0 bridgehead atoms. The fourth-order valence-electron chi connectivity index (χ4n) is 2.92. The van der Waals surface area contributed by atoms with Crippen LogP contribution in [0.3, 0.4) is 0 Å². The Morgan fingerprint density at radius 3 is 2.17 bits per heavy atom. The third-order valence-corrected chi connectivity index (χ3v) is 6.64. The van der Waals surface area contributed by atoms with Crippen LogP contribution in [0.4, 0.5) is 5.82 Å². The van der Waals surface area contributed by atoms with Gasteiger partial charge in [0, 0.05) is 17.9 Å². The van der Waals surface area contributed by atoms with Crippen molar-refractivity contribution in [1.82, 2.24) is 4.98 Å². The molecule has 2 aromatic rings. The second-order valence-corrected chi connectivity index (χ2v) is 10.4. The highest BCUT2D eigenvalue weighted by Crippen LogP contribution is 2.37. The molecule has 1 aromatic carbocycles. The number of anilines is 1. The van der Waals surface area contributed by atoms with Crippen molar-refractivity contribution in [2.24, 2.45) is 0 Å². The molecule has 1 unspecified atom stereocenters. The average molecular weight is 418 g/mol. The third kappa shape index (κ3) is 4.41. The largest absolute Gasteiger partial charge is 0.496 e. The minimum absolute atomic E-state index is 0.255. The Morgan fingerprint density at radius 2 is 1.66 bits per heavy atom. The minimum Gasteiger partial charge on any atom is -0.482 e. The number of nitrogens with two attached hydrogens (primary N) is 1. The second-order valence-electron chi connectivity index (χ2n) is 8.34. The molecule has 1 aliphatic rings. The third-order valence-electron chi connectivity index (χ3n) is 5.51. The highest BCUT2D eigenvalue weighted by molar-refractivity contribution is 7.90. The van der Waals surface area contributed by atoms with E-state index in [0.717, 1.165) is 5.56 Å². The second kappa shape index (κ2) is 7.30. The molecule has 1 atom stereocenters. The lowest BCUT2D eigenvalue weighted by molar-refractivity contribution is 0.00578. The number of nitrogens with zero attached hydrogens (tertiary/aromatic N) is 1. The van der Waals surface area contributed by atoms with E-state index in [9.17, 15) is 8.42 Å². The molecule has 3 rings (SSSR count). The van der Waals surface area contributed by atoms with E-state index < -0.39 is 28.2 Å². The summed E-state index contributed by atoms with van der Waals surface area (Å²) in [5.74, 6) is 0.668. The maximum Gasteiger partial charge on any atom is 0.496 e. The van der Waals surface area contributed by atoms with Gasteiger partial charge in [-0.05, 0) is 58.4 Å². The lowest BCUT2D eigenvalue weighted by Gasteiger charge is -2.32. The molecule has 29 heavy (non-hydrogen) atoms. The van der Waals surface area contributed by atoms with Crippen molar-refractivity contribution in [2.75, 3.05) is 12.0 Å². The lowest BCUT2D eigenvalue weighted by Crippen LogP contribution is -2.41. The van der Waals surface area contributed by atoms with Gasteiger partial charge in [0.1, 0.15) is 6.10 Å². The minimum atomic E-state index is -3.24. The van der Waals surface area contributed by atoms with Crippen LogP contribution in [-0.4, -0.2) is 38.0 Å². The van der Waals surface area contributed by atoms with E-state index >= 15 is 0 Å². The van der Waals surface area contributed by atoms with Crippen LogP contribution in [0, 0.1) is 0 Å². The Balaban J connectivity index is 1.80. The van der Waals surface area contributed by atoms with Crippen molar-refractivity contribution in [3.63, 3.8) is 0 Å². The van der Waals surface area contributed by atoms with E-state index in [1.165, 1.54) is 6.26 Å². The van der Waals surface area contributed by atoms with Crippen LogP contribution in [0.5, 0.6) is 5.75 Å². The smallest absolute Gasteiger partial charge is 0.482 e. The molecule has 0 saturated carbocycles.